The minimum absolute atomic E-state index is 0.529. The first-order valence-electron chi connectivity index (χ1n) is 8.72. The number of aryl methyl sites for hydroxylation is 1. The lowest BCUT2D eigenvalue weighted by Crippen LogP contribution is -2.09. The zero-order chi connectivity index (χ0) is 18.8. The van der Waals surface area contributed by atoms with Crippen molar-refractivity contribution in [3.05, 3.63) is 82.3 Å². The first kappa shape index (κ1) is 17.9. The molecule has 0 unspecified atom stereocenters. The molecule has 1 heterocycles. The average molecular weight is 397 g/mol. The summed E-state index contributed by atoms with van der Waals surface area (Å²) in [5.74, 6) is 1.67. The molecular weight excluding hydrogens is 379 g/mol. The second kappa shape index (κ2) is 7.63. The van der Waals surface area contributed by atoms with Crippen molar-refractivity contribution >= 4 is 34.2 Å². The number of para-hydroxylation sites is 2. The van der Waals surface area contributed by atoms with Crippen LogP contribution in [0.4, 0.5) is 0 Å². The van der Waals surface area contributed by atoms with Crippen LogP contribution < -0.4 is 4.74 Å². The molecule has 3 nitrogen and oxygen atoms in total. The van der Waals surface area contributed by atoms with E-state index in [-0.39, 0.29) is 0 Å². The smallest absolute Gasteiger partial charge is 0.142 e. The Morgan fingerprint density at radius 1 is 0.963 bits per heavy atom. The third-order valence-corrected chi connectivity index (χ3v) is 4.98. The highest BCUT2D eigenvalue weighted by molar-refractivity contribution is 6.36. The van der Waals surface area contributed by atoms with Gasteiger partial charge >= 0.3 is 0 Å². The van der Waals surface area contributed by atoms with E-state index in [4.69, 9.17) is 32.9 Å². The fourth-order valence-electron chi connectivity index (χ4n) is 3.07. The minimum atomic E-state index is 0.529. The molecule has 5 heteroatoms. The number of aromatic nitrogens is 2. The SMILES string of the molecule is Cc1ccc(OCCn2c(-c3ccc(Cl)cc3Cl)nc3ccccc32)cc1. The van der Waals surface area contributed by atoms with Crippen LogP contribution in [0.5, 0.6) is 5.75 Å². The average Bonchev–Trinajstić information content (AvgIpc) is 3.02. The predicted octanol–water partition coefficient (Wildman–Crippen LogP) is 6.40. The van der Waals surface area contributed by atoms with Crippen molar-refractivity contribution in [3.63, 3.8) is 0 Å². The van der Waals surface area contributed by atoms with Crippen LogP contribution in [-0.2, 0) is 6.54 Å². The van der Waals surface area contributed by atoms with E-state index in [0.29, 0.717) is 23.2 Å². The number of imidazole rings is 1. The molecule has 3 aromatic carbocycles. The molecule has 136 valence electrons. The van der Waals surface area contributed by atoms with Gasteiger partial charge in [0.1, 0.15) is 18.2 Å². The molecule has 0 aliphatic heterocycles. The van der Waals surface area contributed by atoms with Crippen molar-refractivity contribution in [2.45, 2.75) is 13.5 Å². The molecule has 0 saturated carbocycles. The Bertz CT molecular complexity index is 1090. The van der Waals surface area contributed by atoms with Crippen LogP contribution in [0.2, 0.25) is 10.0 Å². The third kappa shape index (κ3) is 3.80. The van der Waals surface area contributed by atoms with E-state index in [9.17, 15) is 0 Å². The van der Waals surface area contributed by atoms with Crippen LogP contribution in [0.25, 0.3) is 22.4 Å². The predicted molar refractivity (Wildman–Crippen MR) is 112 cm³/mol. The van der Waals surface area contributed by atoms with Crippen molar-refractivity contribution in [1.29, 1.82) is 0 Å². The zero-order valence-corrected chi connectivity index (χ0v) is 16.3. The molecule has 0 fully saturated rings. The molecule has 0 atom stereocenters. The maximum Gasteiger partial charge on any atom is 0.142 e. The largest absolute Gasteiger partial charge is 0.492 e. The maximum atomic E-state index is 6.44. The van der Waals surface area contributed by atoms with E-state index in [0.717, 1.165) is 28.2 Å². The number of halogens is 2. The molecule has 4 aromatic rings. The van der Waals surface area contributed by atoms with Crippen molar-refractivity contribution in [2.24, 2.45) is 0 Å². The van der Waals surface area contributed by atoms with Gasteiger partial charge in [-0.05, 0) is 49.4 Å². The maximum absolute atomic E-state index is 6.44. The standard InChI is InChI=1S/C22H18Cl2N2O/c1-15-6-9-17(10-7-15)27-13-12-26-21-5-3-2-4-20(21)25-22(26)18-11-8-16(23)14-19(18)24/h2-11,14H,12-13H2,1H3. The first-order chi connectivity index (χ1) is 13.1. The summed E-state index contributed by atoms with van der Waals surface area (Å²) in [6.07, 6.45) is 0. The van der Waals surface area contributed by atoms with Gasteiger partial charge in [0, 0.05) is 10.6 Å². The Labute approximate surface area is 168 Å². The van der Waals surface area contributed by atoms with Crippen molar-refractivity contribution < 1.29 is 4.74 Å². The van der Waals surface area contributed by atoms with Crippen LogP contribution in [0.3, 0.4) is 0 Å². The van der Waals surface area contributed by atoms with Gasteiger partial charge in [0.25, 0.3) is 0 Å². The van der Waals surface area contributed by atoms with E-state index in [1.807, 2.05) is 54.6 Å². The summed E-state index contributed by atoms with van der Waals surface area (Å²) in [7, 11) is 0. The zero-order valence-electron chi connectivity index (χ0n) is 14.8. The van der Waals surface area contributed by atoms with E-state index in [2.05, 4.69) is 17.6 Å². The summed E-state index contributed by atoms with van der Waals surface area (Å²) < 4.78 is 8.06. The number of hydrogen-bond acceptors (Lipinski definition) is 2. The summed E-state index contributed by atoms with van der Waals surface area (Å²) in [5.41, 5.74) is 4.04. The number of rotatable bonds is 5. The number of benzene rings is 3. The van der Waals surface area contributed by atoms with Crippen molar-refractivity contribution in [1.82, 2.24) is 9.55 Å². The topological polar surface area (TPSA) is 27.1 Å². The molecule has 27 heavy (non-hydrogen) atoms. The van der Waals surface area contributed by atoms with Crippen molar-refractivity contribution in [3.8, 4) is 17.1 Å². The molecule has 0 saturated heterocycles. The highest BCUT2D eigenvalue weighted by Crippen LogP contribution is 2.32. The van der Waals surface area contributed by atoms with Crippen molar-refractivity contribution in [2.75, 3.05) is 6.61 Å². The second-order valence-electron chi connectivity index (χ2n) is 6.36. The lowest BCUT2D eigenvalue weighted by molar-refractivity contribution is 0.301. The Kier molecular flexibility index (Phi) is 5.06. The third-order valence-electron chi connectivity index (χ3n) is 4.43. The Morgan fingerprint density at radius 3 is 2.52 bits per heavy atom. The molecule has 0 bridgehead atoms. The molecule has 0 amide bonds. The highest BCUT2D eigenvalue weighted by Gasteiger charge is 2.15. The molecule has 0 N–H and O–H groups in total. The molecule has 0 radical (unpaired) electrons. The summed E-state index contributed by atoms with van der Waals surface area (Å²) in [6.45, 7) is 3.24. The van der Waals surface area contributed by atoms with E-state index in [1.54, 1.807) is 6.07 Å². The van der Waals surface area contributed by atoms with Crippen LogP contribution >= 0.6 is 23.2 Å². The monoisotopic (exact) mass is 396 g/mol. The summed E-state index contributed by atoms with van der Waals surface area (Å²) in [5, 5.41) is 1.19. The van der Waals surface area contributed by atoms with Gasteiger partial charge in [0.2, 0.25) is 0 Å². The van der Waals surface area contributed by atoms with Crippen LogP contribution in [0.15, 0.2) is 66.7 Å². The van der Waals surface area contributed by atoms with Gasteiger partial charge in [-0.1, -0.05) is 53.0 Å². The van der Waals surface area contributed by atoms with E-state index in [1.165, 1.54) is 5.56 Å². The second-order valence-corrected chi connectivity index (χ2v) is 7.21. The van der Waals surface area contributed by atoms with Gasteiger partial charge in [-0.3, -0.25) is 0 Å². The number of nitrogens with zero attached hydrogens (tertiary/aromatic N) is 2. The van der Waals surface area contributed by atoms with E-state index < -0.39 is 0 Å². The Balaban J connectivity index is 1.67. The fourth-order valence-corrected chi connectivity index (χ4v) is 3.56. The number of fused-ring (bicyclic) bond motifs is 1. The fraction of sp³-hybridized carbons (Fsp3) is 0.136. The molecule has 1 aromatic heterocycles. The molecular formula is C22H18Cl2N2O. The first-order valence-corrected chi connectivity index (χ1v) is 9.47. The van der Waals surface area contributed by atoms with Gasteiger partial charge in [-0.2, -0.15) is 0 Å². The Morgan fingerprint density at radius 2 is 1.74 bits per heavy atom. The lowest BCUT2D eigenvalue weighted by Gasteiger charge is -2.12. The van der Waals surface area contributed by atoms with E-state index >= 15 is 0 Å². The highest BCUT2D eigenvalue weighted by atomic mass is 35.5. The normalized spacial score (nSPS) is 11.1. The van der Waals surface area contributed by atoms with Gasteiger partial charge in [0.15, 0.2) is 0 Å². The molecule has 0 aliphatic carbocycles. The quantitative estimate of drug-likeness (QED) is 0.390. The number of ether oxygens (including phenoxy) is 1. The molecule has 0 spiro atoms. The van der Waals surface area contributed by atoms with Crippen LogP contribution in [0, 0.1) is 6.92 Å². The van der Waals surface area contributed by atoms with Gasteiger partial charge in [-0.25, -0.2) is 4.98 Å². The van der Waals surface area contributed by atoms with Gasteiger partial charge < -0.3 is 9.30 Å². The number of hydrogen-bond donors (Lipinski definition) is 0. The minimum Gasteiger partial charge on any atom is -0.492 e. The van der Waals surface area contributed by atoms with Gasteiger partial charge in [-0.15, -0.1) is 0 Å². The summed E-state index contributed by atoms with van der Waals surface area (Å²) >= 11 is 12.5. The molecule has 4 rings (SSSR count). The van der Waals surface area contributed by atoms with Crippen LogP contribution in [0.1, 0.15) is 5.56 Å². The summed E-state index contributed by atoms with van der Waals surface area (Å²) in [4.78, 5) is 4.79. The van der Waals surface area contributed by atoms with Gasteiger partial charge in [0.05, 0.1) is 22.6 Å². The lowest BCUT2D eigenvalue weighted by atomic mass is 10.2. The molecule has 0 aliphatic rings. The summed E-state index contributed by atoms with van der Waals surface area (Å²) in [6, 6.07) is 21.6. The van der Waals surface area contributed by atoms with Crippen LogP contribution in [-0.4, -0.2) is 16.2 Å². The Hall–Kier alpha value is -2.49.